The lowest BCUT2D eigenvalue weighted by Gasteiger charge is -2.35. The number of pyridine rings is 2. The van der Waals surface area contributed by atoms with Crippen LogP contribution in [0.5, 0.6) is 0 Å². The van der Waals surface area contributed by atoms with E-state index in [-0.39, 0.29) is 12.6 Å². The molecule has 1 atom stereocenters. The number of aromatic nitrogens is 3. The molecule has 0 amide bonds. The quantitative estimate of drug-likeness (QED) is 0.310. The van der Waals surface area contributed by atoms with Crippen molar-refractivity contribution in [3.8, 4) is 0 Å². The van der Waals surface area contributed by atoms with Crippen LogP contribution in [0.4, 0.5) is 0 Å². The number of carboxylic acids is 1. The number of rotatable bonds is 9. The topological polar surface area (TPSA) is 97.3 Å². The van der Waals surface area contributed by atoms with Crippen LogP contribution >= 0.6 is 0 Å². The first-order chi connectivity index (χ1) is 17.7. The minimum absolute atomic E-state index is 0.0826. The summed E-state index contributed by atoms with van der Waals surface area (Å²) in [5.74, 6) is -0.860. The summed E-state index contributed by atoms with van der Waals surface area (Å²) in [5.41, 5.74) is 11.1. The third-order valence-corrected chi connectivity index (χ3v) is 6.88. The molecule has 0 spiro atoms. The third kappa shape index (κ3) is 5.42. The Labute approximate surface area is 213 Å². The van der Waals surface area contributed by atoms with Gasteiger partial charge in [0.25, 0.3) is 0 Å². The molecule has 1 aliphatic carbocycles. The van der Waals surface area contributed by atoms with Gasteiger partial charge in [0.05, 0.1) is 29.1 Å². The van der Waals surface area contributed by atoms with Gasteiger partial charge in [-0.2, -0.15) is 0 Å². The van der Waals surface area contributed by atoms with Gasteiger partial charge < -0.3 is 15.4 Å². The number of benzene rings is 1. The molecule has 7 nitrogen and oxygen atoms in total. The van der Waals surface area contributed by atoms with E-state index in [0.717, 1.165) is 72.7 Å². The first-order valence-electron chi connectivity index (χ1n) is 13.1. The zero-order chi connectivity index (χ0) is 25.5. The number of nitrogens with zero attached hydrogens (tertiary/aromatic N) is 4. The van der Waals surface area contributed by atoms with Crippen molar-refractivity contribution in [1.82, 2.24) is 19.4 Å². The molecule has 0 bridgehead atoms. The zero-order valence-corrected chi connectivity index (χ0v) is 21.4. The Balaban J connectivity index is 0.00000148. The van der Waals surface area contributed by atoms with E-state index < -0.39 is 5.97 Å². The van der Waals surface area contributed by atoms with Gasteiger partial charge in [-0.3, -0.25) is 19.7 Å². The molecule has 5 rings (SSSR count). The van der Waals surface area contributed by atoms with Crippen molar-refractivity contribution in [1.29, 1.82) is 0 Å². The van der Waals surface area contributed by atoms with Gasteiger partial charge in [-0.25, -0.2) is 0 Å². The predicted octanol–water partition coefficient (Wildman–Crippen LogP) is 5.31. The van der Waals surface area contributed by atoms with Crippen molar-refractivity contribution >= 4 is 27.8 Å². The van der Waals surface area contributed by atoms with Gasteiger partial charge in [0.15, 0.2) is 0 Å². The number of nitrogens with two attached hydrogens (primary N) is 1. The molecule has 7 heteroatoms. The Morgan fingerprint density at radius 1 is 1.11 bits per heavy atom. The molecule has 190 valence electrons. The van der Waals surface area contributed by atoms with Gasteiger partial charge in [0, 0.05) is 29.0 Å². The summed E-state index contributed by atoms with van der Waals surface area (Å²) in [5, 5.41) is 11.5. The second-order valence-corrected chi connectivity index (χ2v) is 9.11. The van der Waals surface area contributed by atoms with Crippen molar-refractivity contribution in [2.75, 3.05) is 13.1 Å². The highest BCUT2D eigenvalue weighted by Crippen LogP contribution is 2.35. The van der Waals surface area contributed by atoms with Crippen LogP contribution in [0.1, 0.15) is 62.5 Å². The van der Waals surface area contributed by atoms with E-state index in [1.54, 1.807) is 0 Å². The Kier molecular flexibility index (Phi) is 8.67. The van der Waals surface area contributed by atoms with Gasteiger partial charge in [0.1, 0.15) is 6.54 Å². The summed E-state index contributed by atoms with van der Waals surface area (Å²) in [4.78, 5) is 23.6. The van der Waals surface area contributed by atoms with E-state index in [2.05, 4.69) is 23.1 Å². The summed E-state index contributed by atoms with van der Waals surface area (Å²) < 4.78 is 1.84. The van der Waals surface area contributed by atoms with E-state index in [1.165, 1.54) is 11.3 Å². The number of hydrogen-bond donors (Lipinski definition) is 2. The molecule has 3 heterocycles. The maximum Gasteiger partial charge on any atom is 0.323 e. The Bertz CT molecular complexity index is 1320. The molecule has 1 aromatic carbocycles. The van der Waals surface area contributed by atoms with Gasteiger partial charge >= 0.3 is 5.97 Å². The van der Waals surface area contributed by atoms with E-state index in [9.17, 15) is 9.90 Å². The number of aryl methyl sites for hydroxylation is 1. The lowest BCUT2D eigenvalue weighted by atomic mass is 9.90. The number of carboxylic acid groups (broad SMARTS) is 1. The van der Waals surface area contributed by atoms with Crippen LogP contribution in [0.15, 0.2) is 54.9 Å². The average molecular weight is 488 g/mol. The van der Waals surface area contributed by atoms with Gasteiger partial charge in [-0.15, -0.1) is 0 Å². The van der Waals surface area contributed by atoms with Crippen molar-refractivity contribution in [2.45, 2.75) is 65.1 Å². The second-order valence-electron chi connectivity index (χ2n) is 9.11. The van der Waals surface area contributed by atoms with Crippen molar-refractivity contribution in [3.63, 3.8) is 0 Å². The van der Waals surface area contributed by atoms with Crippen LogP contribution in [0.3, 0.4) is 0 Å². The Hall–Kier alpha value is -3.29. The summed E-state index contributed by atoms with van der Waals surface area (Å²) in [6, 6.07) is 14.6. The fourth-order valence-electron chi connectivity index (χ4n) is 5.33. The minimum Gasteiger partial charge on any atom is -0.480 e. The highest BCUT2D eigenvalue weighted by molar-refractivity contribution is 6.08. The number of fused-ring (bicyclic) bond motifs is 4. The van der Waals surface area contributed by atoms with Crippen LogP contribution in [0.25, 0.3) is 21.8 Å². The zero-order valence-electron chi connectivity index (χ0n) is 21.4. The maximum absolute atomic E-state index is 11.5. The molecule has 4 aromatic rings. The lowest BCUT2D eigenvalue weighted by molar-refractivity contribution is -0.137. The standard InChI is InChI=1S/C27H31N5O2.C2H6/c28-12-3-4-14-31(24-11-5-7-19-8-6-13-29-27(19)24)17-20-15-22-21-9-1-2-10-23(21)32(18-26(33)34)25(22)16-30-20;1-2/h1-2,6,8-10,13,15-16,24H,3-5,7,11-12,14,17-18,28H2,(H,33,34);1-2H3/t24-;/m0./s1. The number of para-hydroxylation sites is 1. The molecule has 0 fully saturated rings. The van der Waals surface area contributed by atoms with Gasteiger partial charge in [-0.1, -0.05) is 38.1 Å². The van der Waals surface area contributed by atoms with Crippen LogP contribution in [0.2, 0.25) is 0 Å². The molecule has 1 aliphatic rings. The first kappa shape index (κ1) is 25.8. The fourth-order valence-corrected chi connectivity index (χ4v) is 5.33. The Morgan fingerprint density at radius 3 is 2.75 bits per heavy atom. The lowest BCUT2D eigenvalue weighted by Crippen LogP contribution is -2.33. The van der Waals surface area contributed by atoms with Gasteiger partial charge in [-0.05, 0) is 69.0 Å². The monoisotopic (exact) mass is 487 g/mol. The SMILES string of the molecule is CC.NCCCCN(Cc1cc2c3ccccc3n(CC(=O)O)c2cn1)[C@H]1CCCc2cccnc21. The highest BCUT2D eigenvalue weighted by atomic mass is 16.4. The van der Waals surface area contributed by atoms with Crippen LogP contribution in [0, 0.1) is 0 Å². The number of hydrogen-bond acceptors (Lipinski definition) is 5. The highest BCUT2D eigenvalue weighted by Gasteiger charge is 2.27. The summed E-state index contributed by atoms with van der Waals surface area (Å²) in [6.45, 7) is 6.28. The summed E-state index contributed by atoms with van der Waals surface area (Å²) >= 11 is 0. The van der Waals surface area contributed by atoms with Gasteiger partial charge in [0.2, 0.25) is 0 Å². The third-order valence-electron chi connectivity index (χ3n) is 6.88. The van der Waals surface area contributed by atoms with Crippen LogP contribution in [-0.2, 0) is 24.3 Å². The second kappa shape index (κ2) is 12.1. The van der Waals surface area contributed by atoms with E-state index in [4.69, 9.17) is 15.7 Å². The predicted molar refractivity (Wildman–Crippen MR) is 145 cm³/mol. The molecular formula is C29H37N5O2. The van der Waals surface area contributed by atoms with E-state index in [0.29, 0.717) is 6.54 Å². The number of aliphatic carboxylic acids is 1. The summed E-state index contributed by atoms with van der Waals surface area (Å²) in [7, 11) is 0. The Morgan fingerprint density at radius 2 is 1.94 bits per heavy atom. The van der Waals surface area contributed by atoms with Crippen molar-refractivity contribution in [2.24, 2.45) is 5.73 Å². The molecule has 0 unspecified atom stereocenters. The maximum atomic E-state index is 11.5. The molecule has 0 radical (unpaired) electrons. The molecule has 0 saturated heterocycles. The first-order valence-corrected chi connectivity index (χ1v) is 13.1. The van der Waals surface area contributed by atoms with Crippen LogP contribution in [-0.4, -0.2) is 43.6 Å². The number of unbranched alkanes of at least 4 members (excludes halogenated alkanes) is 1. The largest absolute Gasteiger partial charge is 0.480 e. The molecule has 3 N–H and O–H groups in total. The number of carbonyl (C=O) groups is 1. The van der Waals surface area contributed by atoms with Crippen molar-refractivity contribution < 1.29 is 9.90 Å². The van der Waals surface area contributed by atoms with Crippen molar-refractivity contribution in [3.05, 3.63) is 71.8 Å². The molecule has 36 heavy (non-hydrogen) atoms. The fraction of sp³-hybridized carbons (Fsp3) is 0.414. The molecule has 0 aliphatic heterocycles. The smallest absolute Gasteiger partial charge is 0.323 e. The molecule has 0 saturated carbocycles. The summed E-state index contributed by atoms with van der Waals surface area (Å²) in [6.07, 6.45) is 9.10. The van der Waals surface area contributed by atoms with E-state index in [1.807, 2.05) is 55.1 Å². The minimum atomic E-state index is -0.860. The van der Waals surface area contributed by atoms with E-state index >= 15 is 0 Å². The average Bonchev–Trinajstić information content (AvgIpc) is 3.21. The molecular weight excluding hydrogens is 450 g/mol. The molecule has 3 aromatic heterocycles. The van der Waals surface area contributed by atoms with Crippen LogP contribution < -0.4 is 5.73 Å². The normalized spacial score (nSPS) is 15.1.